The number of aliphatic hydroxyl groups is 1. The molecule has 0 spiro atoms. The lowest BCUT2D eigenvalue weighted by atomic mass is 10.1. The summed E-state index contributed by atoms with van der Waals surface area (Å²) < 4.78 is 5.18. The zero-order valence-electron chi connectivity index (χ0n) is 10.6. The number of benzene rings is 1. The van der Waals surface area contributed by atoms with E-state index >= 15 is 0 Å². The number of methoxy groups -OCH3 is 1. The van der Waals surface area contributed by atoms with Crippen LogP contribution >= 0.6 is 11.8 Å². The molecule has 2 nitrogen and oxygen atoms in total. The summed E-state index contributed by atoms with van der Waals surface area (Å²) in [4.78, 5) is 1.18. The van der Waals surface area contributed by atoms with Gasteiger partial charge in [0.05, 0.1) is 13.7 Å². The first kappa shape index (κ1) is 13.4. The molecule has 0 saturated carbocycles. The summed E-state index contributed by atoms with van der Waals surface area (Å²) in [6.07, 6.45) is 0. The van der Waals surface area contributed by atoms with Crippen LogP contribution in [0.2, 0.25) is 0 Å². The lowest BCUT2D eigenvalue weighted by Gasteiger charge is -2.22. The van der Waals surface area contributed by atoms with Crippen molar-refractivity contribution in [3.8, 4) is 5.75 Å². The lowest BCUT2D eigenvalue weighted by molar-refractivity contribution is 0.265. The number of hydrogen-bond acceptors (Lipinski definition) is 3. The van der Waals surface area contributed by atoms with Crippen LogP contribution in [0, 0.1) is 13.8 Å². The third-order valence-electron chi connectivity index (χ3n) is 2.41. The number of ether oxygens (including phenoxy) is 1. The van der Waals surface area contributed by atoms with Gasteiger partial charge in [-0.25, -0.2) is 0 Å². The Hall–Kier alpha value is -0.670. The van der Waals surface area contributed by atoms with Gasteiger partial charge in [-0.15, -0.1) is 11.8 Å². The van der Waals surface area contributed by atoms with Crippen LogP contribution in [0.5, 0.6) is 5.75 Å². The van der Waals surface area contributed by atoms with Crippen molar-refractivity contribution in [1.29, 1.82) is 0 Å². The molecule has 0 aliphatic rings. The van der Waals surface area contributed by atoms with Gasteiger partial charge in [0.15, 0.2) is 0 Å². The van der Waals surface area contributed by atoms with E-state index in [9.17, 15) is 5.11 Å². The van der Waals surface area contributed by atoms with Crippen LogP contribution in [-0.2, 0) is 0 Å². The van der Waals surface area contributed by atoms with Gasteiger partial charge in [0.1, 0.15) is 5.75 Å². The fourth-order valence-corrected chi connectivity index (χ4v) is 2.82. The van der Waals surface area contributed by atoms with E-state index in [1.807, 2.05) is 27.7 Å². The minimum absolute atomic E-state index is 0.145. The van der Waals surface area contributed by atoms with Crippen molar-refractivity contribution in [3.63, 3.8) is 0 Å². The van der Waals surface area contributed by atoms with Crippen molar-refractivity contribution in [2.45, 2.75) is 37.3 Å². The Morgan fingerprint density at radius 3 is 2.12 bits per heavy atom. The Labute approximate surface area is 102 Å². The third kappa shape index (κ3) is 3.16. The smallest absolute Gasteiger partial charge is 0.124 e. The molecule has 0 heterocycles. The summed E-state index contributed by atoms with van der Waals surface area (Å²) in [5.41, 5.74) is 2.28. The van der Waals surface area contributed by atoms with E-state index in [1.165, 1.54) is 4.90 Å². The van der Waals surface area contributed by atoms with Gasteiger partial charge in [-0.3, -0.25) is 0 Å². The van der Waals surface area contributed by atoms with Crippen LogP contribution in [0.15, 0.2) is 17.0 Å². The standard InChI is InChI=1S/C13H20O2S/c1-9-6-11(16-13(3,4)8-14)7-10(2)12(9)15-5/h6-7,14H,8H2,1-5H3. The van der Waals surface area contributed by atoms with Crippen molar-refractivity contribution >= 4 is 11.8 Å². The number of aliphatic hydroxyl groups excluding tert-OH is 1. The Morgan fingerprint density at radius 2 is 1.75 bits per heavy atom. The van der Waals surface area contributed by atoms with E-state index in [0.717, 1.165) is 16.9 Å². The van der Waals surface area contributed by atoms with Gasteiger partial charge in [0.25, 0.3) is 0 Å². The molecule has 0 unspecified atom stereocenters. The van der Waals surface area contributed by atoms with Gasteiger partial charge in [-0.05, 0) is 51.0 Å². The highest BCUT2D eigenvalue weighted by Crippen LogP contribution is 2.36. The van der Waals surface area contributed by atoms with E-state index in [4.69, 9.17) is 4.74 Å². The fraction of sp³-hybridized carbons (Fsp3) is 0.538. The Morgan fingerprint density at radius 1 is 1.25 bits per heavy atom. The molecule has 16 heavy (non-hydrogen) atoms. The third-order valence-corrected chi connectivity index (χ3v) is 3.57. The van der Waals surface area contributed by atoms with Crippen LogP contribution in [-0.4, -0.2) is 23.6 Å². The first-order valence-corrected chi connectivity index (χ1v) is 6.16. The van der Waals surface area contributed by atoms with Crippen LogP contribution < -0.4 is 4.74 Å². The van der Waals surface area contributed by atoms with E-state index in [0.29, 0.717) is 0 Å². The molecule has 0 amide bonds. The van der Waals surface area contributed by atoms with Gasteiger partial charge in [0.2, 0.25) is 0 Å². The maximum Gasteiger partial charge on any atom is 0.124 e. The molecular formula is C13H20O2S. The summed E-state index contributed by atoms with van der Waals surface area (Å²) in [6.45, 7) is 8.32. The second-order valence-corrected chi connectivity index (χ2v) is 6.39. The molecule has 0 saturated heterocycles. The maximum atomic E-state index is 9.25. The zero-order chi connectivity index (χ0) is 12.3. The average molecular weight is 240 g/mol. The Balaban J connectivity index is 3.00. The quantitative estimate of drug-likeness (QED) is 0.820. The molecule has 3 heteroatoms. The number of rotatable bonds is 4. The summed E-state index contributed by atoms with van der Waals surface area (Å²) in [5, 5.41) is 9.25. The number of thioether (sulfide) groups is 1. The monoisotopic (exact) mass is 240 g/mol. The minimum atomic E-state index is -0.145. The molecule has 0 radical (unpaired) electrons. The fourth-order valence-electron chi connectivity index (χ4n) is 1.64. The van der Waals surface area contributed by atoms with Gasteiger partial charge in [-0.1, -0.05) is 0 Å². The van der Waals surface area contributed by atoms with Crippen LogP contribution in [0.25, 0.3) is 0 Å². The normalized spacial score (nSPS) is 11.6. The Bertz CT molecular complexity index is 349. The molecule has 90 valence electrons. The predicted molar refractivity (Wildman–Crippen MR) is 69.5 cm³/mol. The molecule has 0 aliphatic carbocycles. The summed E-state index contributed by atoms with van der Waals surface area (Å²) >= 11 is 1.69. The van der Waals surface area contributed by atoms with Gasteiger partial charge in [0, 0.05) is 9.64 Å². The van der Waals surface area contributed by atoms with E-state index in [1.54, 1.807) is 18.9 Å². The van der Waals surface area contributed by atoms with Crippen molar-refractivity contribution < 1.29 is 9.84 Å². The van der Waals surface area contributed by atoms with E-state index in [2.05, 4.69) is 12.1 Å². The molecule has 1 aromatic carbocycles. The first-order chi connectivity index (χ1) is 7.39. The molecule has 0 aromatic heterocycles. The summed E-state index contributed by atoms with van der Waals surface area (Å²) in [6, 6.07) is 4.21. The molecule has 0 aliphatic heterocycles. The molecular weight excluding hydrogens is 220 g/mol. The Kier molecular flexibility index (Phi) is 4.28. The average Bonchev–Trinajstić information content (AvgIpc) is 2.16. The van der Waals surface area contributed by atoms with Gasteiger partial charge in [-0.2, -0.15) is 0 Å². The number of aryl methyl sites for hydroxylation is 2. The van der Waals surface area contributed by atoms with Crippen LogP contribution in [0.3, 0.4) is 0 Å². The van der Waals surface area contributed by atoms with Crippen LogP contribution in [0.1, 0.15) is 25.0 Å². The molecule has 0 bridgehead atoms. The highest BCUT2D eigenvalue weighted by atomic mass is 32.2. The molecule has 1 aromatic rings. The van der Waals surface area contributed by atoms with Crippen molar-refractivity contribution in [2.75, 3.05) is 13.7 Å². The maximum absolute atomic E-state index is 9.25. The van der Waals surface area contributed by atoms with Crippen LogP contribution in [0.4, 0.5) is 0 Å². The van der Waals surface area contributed by atoms with E-state index in [-0.39, 0.29) is 11.4 Å². The summed E-state index contributed by atoms with van der Waals surface area (Å²) in [7, 11) is 1.69. The second kappa shape index (κ2) is 5.11. The van der Waals surface area contributed by atoms with Gasteiger partial charge < -0.3 is 9.84 Å². The lowest BCUT2D eigenvalue weighted by Crippen LogP contribution is -2.19. The molecule has 1 N–H and O–H groups in total. The highest BCUT2D eigenvalue weighted by Gasteiger charge is 2.19. The zero-order valence-corrected chi connectivity index (χ0v) is 11.4. The highest BCUT2D eigenvalue weighted by molar-refractivity contribution is 8.00. The SMILES string of the molecule is COc1c(C)cc(SC(C)(C)CO)cc1C. The molecule has 0 fully saturated rings. The predicted octanol–water partition coefficient (Wildman–Crippen LogP) is 3.18. The second-order valence-electron chi connectivity index (χ2n) is 4.61. The van der Waals surface area contributed by atoms with Crippen molar-refractivity contribution in [2.24, 2.45) is 0 Å². The minimum Gasteiger partial charge on any atom is -0.496 e. The van der Waals surface area contributed by atoms with Crippen molar-refractivity contribution in [1.82, 2.24) is 0 Å². The van der Waals surface area contributed by atoms with Gasteiger partial charge >= 0.3 is 0 Å². The molecule has 0 atom stereocenters. The largest absolute Gasteiger partial charge is 0.496 e. The first-order valence-electron chi connectivity index (χ1n) is 5.35. The van der Waals surface area contributed by atoms with E-state index < -0.39 is 0 Å². The molecule has 1 rings (SSSR count). The topological polar surface area (TPSA) is 29.5 Å². The summed E-state index contributed by atoms with van der Waals surface area (Å²) in [5.74, 6) is 0.950. The number of hydrogen-bond donors (Lipinski definition) is 1. The van der Waals surface area contributed by atoms with Crippen molar-refractivity contribution in [3.05, 3.63) is 23.3 Å².